The summed E-state index contributed by atoms with van der Waals surface area (Å²) < 4.78 is 30.7. The van der Waals surface area contributed by atoms with Crippen LogP contribution in [0, 0.1) is 5.82 Å². The summed E-state index contributed by atoms with van der Waals surface area (Å²) in [5.41, 5.74) is 0.430. The van der Waals surface area contributed by atoms with E-state index in [1.807, 2.05) is 0 Å². The number of rotatable bonds is 1. The number of morpholine rings is 1. The van der Waals surface area contributed by atoms with E-state index >= 15 is 0 Å². The Hall–Kier alpha value is -0.850. The van der Waals surface area contributed by atoms with Gasteiger partial charge >= 0.3 is 0 Å². The first-order chi connectivity index (χ1) is 8.27. The Morgan fingerprint density at radius 2 is 2.29 bits per heavy atom. The quantitative estimate of drug-likeness (QED) is 0.861. The van der Waals surface area contributed by atoms with Gasteiger partial charge in [-0.05, 0) is 15.9 Å². The number of halogens is 2. The van der Waals surface area contributed by atoms with Gasteiger partial charge in [0.05, 0.1) is 16.6 Å². The number of hydrogen-bond donors (Lipinski definition) is 1. The average Bonchev–Trinajstić information content (AvgIpc) is 2.79. The maximum Gasteiger partial charge on any atom is 0.231 e. The van der Waals surface area contributed by atoms with Crippen LogP contribution in [0.2, 0.25) is 0 Å². The zero-order valence-electron chi connectivity index (χ0n) is 8.96. The van der Waals surface area contributed by atoms with Crippen molar-refractivity contribution in [3.63, 3.8) is 0 Å². The molecule has 3 rings (SSSR count). The van der Waals surface area contributed by atoms with Crippen LogP contribution < -0.4 is 14.8 Å². The van der Waals surface area contributed by atoms with Crippen molar-refractivity contribution in [3.8, 4) is 11.5 Å². The SMILES string of the molecule is Fc1c(Br)cc2c(c1C1CNCCO1)OCO2. The Morgan fingerprint density at radius 1 is 1.41 bits per heavy atom. The number of benzene rings is 1. The lowest BCUT2D eigenvalue weighted by Gasteiger charge is -2.25. The fraction of sp³-hybridized carbons (Fsp3) is 0.455. The number of nitrogens with one attached hydrogen (secondary N) is 1. The summed E-state index contributed by atoms with van der Waals surface area (Å²) in [6.07, 6.45) is -0.336. The number of hydrogen-bond acceptors (Lipinski definition) is 4. The van der Waals surface area contributed by atoms with Gasteiger partial charge in [0.25, 0.3) is 0 Å². The Kier molecular flexibility index (Phi) is 2.94. The summed E-state index contributed by atoms with van der Waals surface area (Å²) in [5.74, 6) is 0.671. The van der Waals surface area contributed by atoms with Crippen molar-refractivity contribution in [2.24, 2.45) is 0 Å². The molecule has 1 unspecified atom stereocenters. The van der Waals surface area contributed by atoms with Crippen molar-refractivity contribution in [1.82, 2.24) is 5.32 Å². The molecule has 6 heteroatoms. The van der Waals surface area contributed by atoms with Crippen LogP contribution in [0.3, 0.4) is 0 Å². The van der Waals surface area contributed by atoms with Crippen molar-refractivity contribution in [2.75, 3.05) is 26.5 Å². The largest absolute Gasteiger partial charge is 0.454 e. The fourth-order valence-electron chi connectivity index (χ4n) is 2.05. The first-order valence-corrected chi connectivity index (χ1v) is 6.16. The lowest BCUT2D eigenvalue weighted by Crippen LogP contribution is -2.34. The van der Waals surface area contributed by atoms with Gasteiger partial charge in [-0.1, -0.05) is 0 Å². The van der Waals surface area contributed by atoms with Crippen molar-refractivity contribution in [2.45, 2.75) is 6.10 Å². The molecule has 1 saturated heterocycles. The number of ether oxygens (including phenoxy) is 3. The molecule has 1 fully saturated rings. The minimum absolute atomic E-state index is 0.123. The van der Waals surface area contributed by atoms with Gasteiger partial charge in [-0.2, -0.15) is 0 Å². The second-order valence-corrected chi connectivity index (χ2v) is 4.74. The van der Waals surface area contributed by atoms with Gasteiger partial charge < -0.3 is 19.5 Å². The molecule has 0 aliphatic carbocycles. The molecule has 2 aliphatic heterocycles. The van der Waals surface area contributed by atoms with Crippen LogP contribution in [0.25, 0.3) is 0 Å². The standard InChI is InChI=1S/C11H11BrFNO3/c12-6-3-7-11(17-5-16-7)9(10(6)13)8-4-14-1-2-15-8/h3,8,14H,1-2,4-5H2. The molecular formula is C11H11BrFNO3. The zero-order valence-corrected chi connectivity index (χ0v) is 10.5. The highest BCUT2D eigenvalue weighted by molar-refractivity contribution is 9.10. The third-order valence-corrected chi connectivity index (χ3v) is 3.42. The second kappa shape index (κ2) is 4.44. The molecule has 0 radical (unpaired) electrons. The Balaban J connectivity index is 2.07. The van der Waals surface area contributed by atoms with Crippen molar-refractivity contribution >= 4 is 15.9 Å². The molecule has 4 nitrogen and oxygen atoms in total. The predicted molar refractivity (Wildman–Crippen MR) is 61.8 cm³/mol. The first-order valence-electron chi connectivity index (χ1n) is 5.37. The molecular weight excluding hydrogens is 293 g/mol. The summed E-state index contributed by atoms with van der Waals surface area (Å²) in [6, 6.07) is 1.58. The molecule has 0 spiro atoms. The van der Waals surface area contributed by atoms with Crippen LogP contribution in [-0.2, 0) is 4.74 Å². The molecule has 2 aliphatic rings. The van der Waals surface area contributed by atoms with Crippen LogP contribution in [-0.4, -0.2) is 26.5 Å². The normalized spacial score (nSPS) is 22.8. The Labute approximate surface area is 106 Å². The van der Waals surface area contributed by atoms with Gasteiger partial charge in [-0.15, -0.1) is 0 Å². The summed E-state index contributed by atoms with van der Waals surface area (Å²) in [7, 11) is 0. The van der Waals surface area contributed by atoms with E-state index in [0.29, 0.717) is 34.7 Å². The third kappa shape index (κ3) is 1.90. The second-order valence-electron chi connectivity index (χ2n) is 3.88. The molecule has 1 N–H and O–H groups in total. The molecule has 1 atom stereocenters. The van der Waals surface area contributed by atoms with Gasteiger partial charge in [-0.25, -0.2) is 4.39 Å². The topological polar surface area (TPSA) is 39.7 Å². The fourth-order valence-corrected chi connectivity index (χ4v) is 2.47. The lowest BCUT2D eigenvalue weighted by molar-refractivity contribution is 0.0236. The van der Waals surface area contributed by atoms with Crippen molar-refractivity contribution in [1.29, 1.82) is 0 Å². The first kappa shape index (κ1) is 11.3. The molecule has 0 amide bonds. The van der Waals surface area contributed by atoms with E-state index in [4.69, 9.17) is 14.2 Å². The summed E-state index contributed by atoms with van der Waals surface area (Å²) >= 11 is 3.18. The van der Waals surface area contributed by atoms with E-state index in [1.54, 1.807) is 6.07 Å². The summed E-state index contributed by atoms with van der Waals surface area (Å²) in [4.78, 5) is 0. The maximum atomic E-state index is 14.2. The van der Waals surface area contributed by atoms with Gasteiger partial charge in [0.1, 0.15) is 11.9 Å². The Morgan fingerprint density at radius 3 is 3.06 bits per heavy atom. The van der Waals surface area contributed by atoms with Crippen molar-refractivity contribution < 1.29 is 18.6 Å². The predicted octanol–water partition coefficient (Wildman–Crippen LogP) is 1.98. The van der Waals surface area contributed by atoms with Crippen LogP contribution in [0.5, 0.6) is 11.5 Å². The minimum atomic E-state index is -0.344. The average molecular weight is 304 g/mol. The van der Waals surface area contributed by atoms with E-state index in [0.717, 1.165) is 6.54 Å². The third-order valence-electron chi connectivity index (χ3n) is 2.84. The smallest absolute Gasteiger partial charge is 0.231 e. The minimum Gasteiger partial charge on any atom is -0.454 e. The summed E-state index contributed by atoms with van der Waals surface area (Å²) in [6.45, 7) is 2.04. The van der Waals surface area contributed by atoms with E-state index in [2.05, 4.69) is 21.2 Å². The van der Waals surface area contributed by atoms with Crippen LogP contribution in [0.15, 0.2) is 10.5 Å². The Bertz CT molecular complexity index is 449. The molecule has 17 heavy (non-hydrogen) atoms. The monoisotopic (exact) mass is 303 g/mol. The lowest BCUT2D eigenvalue weighted by atomic mass is 10.1. The van der Waals surface area contributed by atoms with Crippen LogP contribution in [0.1, 0.15) is 11.7 Å². The molecule has 2 heterocycles. The molecule has 92 valence electrons. The maximum absolute atomic E-state index is 14.2. The molecule has 0 saturated carbocycles. The molecule has 0 aromatic heterocycles. The summed E-state index contributed by atoms with van der Waals surface area (Å²) in [5, 5.41) is 3.17. The van der Waals surface area contributed by atoms with Gasteiger partial charge in [0, 0.05) is 19.2 Å². The van der Waals surface area contributed by atoms with E-state index in [1.165, 1.54) is 0 Å². The van der Waals surface area contributed by atoms with E-state index in [-0.39, 0.29) is 18.7 Å². The van der Waals surface area contributed by atoms with E-state index in [9.17, 15) is 4.39 Å². The molecule has 1 aromatic rings. The zero-order chi connectivity index (χ0) is 11.8. The van der Waals surface area contributed by atoms with Crippen LogP contribution in [0.4, 0.5) is 4.39 Å². The highest BCUT2D eigenvalue weighted by Crippen LogP contribution is 2.44. The molecule has 0 bridgehead atoms. The van der Waals surface area contributed by atoms with E-state index < -0.39 is 0 Å². The van der Waals surface area contributed by atoms with Crippen molar-refractivity contribution in [3.05, 3.63) is 21.9 Å². The van der Waals surface area contributed by atoms with Gasteiger partial charge in [0.15, 0.2) is 11.5 Å². The van der Waals surface area contributed by atoms with Crippen LogP contribution >= 0.6 is 15.9 Å². The van der Waals surface area contributed by atoms with Gasteiger partial charge in [0.2, 0.25) is 6.79 Å². The highest BCUT2D eigenvalue weighted by atomic mass is 79.9. The molecule has 1 aromatic carbocycles. The highest BCUT2D eigenvalue weighted by Gasteiger charge is 2.30. The van der Waals surface area contributed by atoms with Gasteiger partial charge in [-0.3, -0.25) is 0 Å². The number of fused-ring (bicyclic) bond motifs is 1.